The van der Waals surface area contributed by atoms with Crippen LogP contribution in [0.15, 0.2) is 35.1 Å². The predicted molar refractivity (Wildman–Crippen MR) is 85.0 cm³/mol. The average Bonchev–Trinajstić information content (AvgIpc) is 2.44. The van der Waals surface area contributed by atoms with E-state index >= 15 is 0 Å². The molecular weight excluding hydrogens is 280 g/mol. The van der Waals surface area contributed by atoms with Gasteiger partial charge in [0.25, 0.3) is 11.5 Å². The van der Waals surface area contributed by atoms with Gasteiger partial charge in [-0.1, -0.05) is 24.3 Å². The van der Waals surface area contributed by atoms with E-state index in [1.165, 1.54) is 0 Å². The number of aliphatic hydroxyl groups excluding tert-OH is 1. The normalized spacial score (nSPS) is 12.0. The van der Waals surface area contributed by atoms with Crippen molar-refractivity contribution in [1.29, 1.82) is 0 Å². The molecule has 0 bridgehead atoms. The largest absolute Gasteiger partial charge is 0.387 e. The predicted octanol–water partition coefficient (Wildman–Crippen LogP) is 1.76. The molecule has 0 spiro atoms. The molecule has 0 aliphatic heterocycles. The molecule has 1 aromatic heterocycles. The molecule has 2 rings (SSSR count). The third-order valence-corrected chi connectivity index (χ3v) is 3.60. The number of pyridine rings is 1. The molecule has 5 nitrogen and oxygen atoms in total. The summed E-state index contributed by atoms with van der Waals surface area (Å²) in [5, 5.41) is 12.8. The first-order valence-electron chi connectivity index (χ1n) is 7.12. The summed E-state index contributed by atoms with van der Waals surface area (Å²) in [7, 11) is 0. The molecule has 1 aromatic carbocycles. The van der Waals surface area contributed by atoms with Crippen LogP contribution in [-0.4, -0.2) is 22.5 Å². The van der Waals surface area contributed by atoms with Crippen LogP contribution >= 0.6 is 0 Å². The lowest BCUT2D eigenvalue weighted by Gasteiger charge is -2.15. The first-order chi connectivity index (χ1) is 10.4. The van der Waals surface area contributed by atoms with Crippen molar-refractivity contribution in [2.24, 2.45) is 0 Å². The second-order valence-corrected chi connectivity index (χ2v) is 5.42. The van der Waals surface area contributed by atoms with Crippen molar-refractivity contribution in [2.75, 3.05) is 6.54 Å². The highest BCUT2D eigenvalue weighted by atomic mass is 16.3. The van der Waals surface area contributed by atoms with Crippen molar-refractivity contribution in [3.05, 3.63) is 68.6 Å². The van der Waals surface area contributed by atoms with Crippen LogP contribution in [0.2, 0.25) is 0 Å². The Balaban J connectivity index is 2.11. The van der Waals surface area contributed by atoms with E-state index in [2.05, 4.69) is 10.3 Å². The molecule has 1 amide bonds. The summed E-state index contributed by atoms with van der Waals surface area (Å²) in [6, 6.07) is 9.18. The quantitative estimate of drug-likeness (QED) is 0.804. The molecule has 0 saturated heterocycles. The van der Waals surface area contributed by atoms with E-state index in [1.807, 2.05) is 31.2 Å². The Hall–Kier alpha value is -2.40. The number of aliphatic hydroxyl groups is 1. The summed E-state index contributed by atoms with van der Waals surface area (Å²) in [4.78, 5) is 26.7. The van der Waals surface area contributed by atoms with Crippen molar-refractivity contribution in [2.45, 2.75) is 26.9 Å². The van der Waals surface area contributed by atoms with E-state index in [4.69, 9.17) is 0 Å². The van der Waals surface area contributed by atoms with Crippen LogP contribution in [0, 0.1) is 20.8 Å². The summed E-state index contributed by atoms with van der Waals surface area (Å²) in [5.41, 5.74) is 2.71. The third kappa shape index (κ3) is 3.43. The zero-order valence-corrected chi connectivity index (χ0v) is 12.9. The Bertz CT molecular complexity index is 750. The minimum Gasteiger partial charge on any atom is -0.387 e. The van der Waals surface area contributed by atoms with E-state index in [9.17, 15) is 14.7 Å². The van der Waals surface area contributed by atoms with Gasteiger partial charge >= 0.3 is 0 Å². The number of aromatic nitrogens is 1. The number of carbonyl (C=O) groups is 1. The maximum Gasteiger partial charge on any atom is 0.261 e. The first-order valence-corrected chi connectivity index (χ1v) is 7.12. The molecule has 116 valence electrons. The fourth-order valence-electron chi connectivity index (χ4n) is 2.48. The number of carbonyl (C=O) groups excluding carboxylic acids is 1. The number of aryl methyl sites for hydroxylation is 3. The number of aromatic amines is 1. The standard InChI is InChI=1S/C17H20N2O3/c1-10-6-4-5-7-13(10)14(20)9-18-16(21)15-11(2)8-12(3)19-17(15)22/h4-8,14,20H,9H2,1-3H3,(H,18,21)(H,19,22). The molecule has 2 aromatic rings. The summed E-state index contributed by atoms with van der Waals surface area (Å²) in [6.45, 7) is 5.43. The number of rotatable bonds is 4. The highest BCUT2D eigenvalue weighted by Gasteiger charge is 2.16. The van der Waals surface area contributed by atoms with Gasteiger partial charge in [-0.2, -0.15) is 0 Å². The van der Waals surface area contributed by atoms with E-state index in [0.717, 1.165) is 11.1 Å². The number of nitrogens with one attached hydrogen (secondary N) is 2. The van der Waals surface area contributed by atoms with Gasteiger partial charge < -0.3 is 15.4 Å². The van der Waals surface area contributed by atoms with E-state index < -0.39 is 17.6 Å². The monoisotopic (exact) mass is 300 g/mol. The molecule has 0 saturated carbocycles. The van der Waals surface area contributed by atoms with Crippen molar-refractivity contribution in [3.8, 4) is 0 Å². The maximum absolute atomic E-state index is 12.2. The van der Waals surface area contributed by atoms with Crippen LogP contribution < -0.4 is 10.9 Å². The van der Waals surface area contributed by atoms with Crippen molar-refractivity contribution >= 4 is 5.91 Å². The fraction of sp³-hybridized carbons (Fsp3) is 0.294. The van der Waals surface area contributed by atoms with Gasteiger partial charge in [0.05, 0.1) is 6.10 Å². The number of H-pyrrole nitrogens is 1. The molecule has 0 aliphatic rings. The van der Waals surface area contributed by atoms with Gasteiger partial charge in [-0.3, -0.25) is 9.59 Å². The Kier molecular flexibility index (Phi) is 4.78. The SMILES string of the molecule is Cc1cc(C)c(C(=O)NCC(O)c2ccccc2C)c(=O)[nH]1. The molecule has 1 atom stereocenters. The third-order valence-electron chi connectivity index (χ3n) is 3.60. The molecule has 3 N–H and O–H groups in total. The van der Waals surface area contributed by atoms with Gasteiger partial charge in [0.1, 0.15) is 5.56 Å². The molecule has 0 radical (unpaired) electrons. The zero-order valence-electron chi connectivity index (χ0n) is 12.9. The Morgan fingerprint density at radius 1 is 1.23 bits per heavy atom. The van der Waals surface area contributed by atoms with E-state index in [-0.39, 0.29) is 12.1 Å². The molecule has 1 heterocycles. The molecule has 1 unspecified atom stereocenters. The molecule has 5 heteroatoms. The van der Waals surface area contributed by atoms with Crippen LogP contribution in [0.3, 0.4) is 0 Å². The van der Waals surface area contributed by atoms with Crippen molar-refractivity contribution in [3.63, 3.8) is 0 Å². The Labute approximate surface area is 129 Å². The topological polar surface area (TPSA) is 82.2 Å². The van der Waals surface area contributed by atoms with Crippen LogP contribution in [0.5, 0.6) is 0 Å². The van der Waals surface area contributed by atoms with E-state index in [1.54, 1.807) is 19.9 Å². The molecule has 0 fully saturated rings. The zero-order chi connectivity index (χ0) is 16.3. The summed E-state index contributed by atoms with van der Waals surface area (Å²) in [5.74, 6) is -0.480. The van der Waals surface area contributed by atoms with Gasteiger partial charge in [0.15, 0.2) is 0 Å². The summed E-state index contributed by atoms with van der Waals surface area (Å²) < 4.78 is 0. The smallest absolute Gasteiger partial charge is 0.261 e. The second-order valence-electron chi connectivity index (χ2n) is 5.42. The van der Waals surface area contributed by atoms with E-state index in [0.29, 0.717) is 11.3 Å². The van der Waals surface area contributed by atoms with Crippen LogP contribution in [0.25, 0.3) is 0 Å². The second kappa shape index (κ2) is 6.58. The number of hydrogen-bond acceptors (Lipinski definition) is 3. The fourth-order valence-corrected chi connectivity index (χ4v) is 2.48. The van der Waals surface area contributed by atoms with Crippen molar-refractivity contribution < 1.29 is 9.90 Å². The van der Waals surface area contributed by atoms with Gasteiger partial charge in [0, 0.05) is 12.2 Å². The Morgan fingerprint density at radius 2 is 1.91 bits per heavy atom. The number of benzene rings is 1. The Morgan fingerprint density at radius 3 is 2.55 bits per heavy atom. The van der Waals surface area contributed by atoms with Gasteiger partial charge in [0.2, 0.25) is 0 Å². The average molecular weight is 300 g/mol. The van der Waals surface area contributed by atoms with Gasteiger partial charge in [-0.05, 0) is 43.5 Å². The first kappa shape index (κ1) is 16.0. The van der Waals surface area contributed by atoms with Gasteiger partial charge in [-0.25, -0.2) is 0 Å². The van der Waals surface area contributed by atoms with Crippen LogP contribution in [-0.2, 0) is 0 Å². The van der Waals surface area contributed by atoms with Crippen LogP contribution in [0.1, 0.15) is 38.8 Å². The highest BCUT2D eigenvalue weighted by molar-refractivity contribution is 5.95. The molecular formula is C17H20N2O3. The minimum atomic E-state index is -0.810. The lowest BCUT2D eigenvalue weighted by molar-refractivity contribution is 0.0913. The van der Waals surface area contributed by atoms with Gasteiger partial charge in [-0.15, -0.1) is 0 Å². The van der Waals surface area contributed by atoms with Crippen LogP contribution in [0.4, 0.5) is 0 Å². The number of amides is 1. The maximum atomic E-state index is 12.2. The molecule has 0 aliphatic carbocycles. The molecule has 22 heavy (non-hydrogen) atoms. The lowest BCUT2D eigenvalue weighted by atomic mass is 10.0. The van der Waals surface area contributed by atoms with Crippen molar-refractivity contribution in [1.82, 2.24) is 10.3 Å². The lowest BCUT2D eigenvalue weighted by Crippen LogP contribution is -2.33. The number of hydrogen-bond donors (Lipinski definition) is 3. The summed E-state index contributed by atoms with van der Waals surface area (Å²) >= 11 is 0. The minimum absolute atomic E-state index is 0.0520. The summed E-state index contributed by atoms with van der Waals surface area (Å²) in [6.07, 6.45) is -0.810. The highest BCUT2D eigenvalue weighted by Crippen LogP contribution is 2.16.